The zero-order chi connectivity index (χ0) is 23.8. The Hall–Kier alpha value is -4.90. The third-order valence-corrected chi connectivity index (χ3v) is 7.10. The lowest BCUT2D eigenvalue weighted by atomic mass is 10.00. The maximum absolute atomic E-state index is 6.23. The van der Waals surface area contributed by atoms with Gasteiger partial charge in [0.25, 0.3) is 0 Å². The molecule has 0 radical (unpaired) electrons. The Morgan fingerprint density at radius 2 is 1.28 bits per heavy atom. The minimum absolute atomic E-state index is 0.713. The normalized spacial score (nSPS) is 12.0. The summed E-state index contributed by atoms with van der Waals surface area (Å²) in [6, 6.07) is 29.1. The summed E-state index contributed by atoms with van der Waals surface area (Å²) in [5.41, 5.74) is 8.88. The molecule has 0 saturated carbocycles. The first-order chi connectivity index (χ1) is 17.7. The minimum atomic E-state index is 0.713. The number of furan rings is 2. The van der Waals surface area contributed by atoms with E-state index in [2.05, 4.69) is 72.6 Å². The smallest absolute Gasteiger partial charge is 0.234 e. The summed E-state index contributed by atoms with van der Waals surface area (Å²) in [7, 11) is 0. The van der Waals surface area contributed by atoms with Crippen molar-refractivity contribution < 1.29 is 8.83 Å². The Kier molecular flexibility index (Phi) is 3.80. The van der Waals surface area contributed by atoms with Crippen molar-refractivity contribution >= 4 is 49.7 Å². The van der Waals surface area contributed by atoms with Gasteiger partial charge < -0.3 is 8.83 Å². The fraction of sp³-hybridized carbons (Fsp3) is 0.0323. The second-order valence-electron chi connectivity index (χ2n) is 9.17. The molecule has 0 saturated heterocycles. The number of nitrogens with zero attached hydrogens (tertiary/aromatic N) is 3. The summed E-state index contributed by atoms with van der Waals surface area (Å²) in [5.74, 6) is 0.713. The average molecular weight is 466 g/mol. The molecule has 0 bridgehead atoms. The minimum Gasteiger partial charge on any atom is -0.456 e. The summed E-state index contributed by atoms with van der Waals surface area (Å²) in [6.45, 7) is 2.07. The van der Waals surface area contributed by atoms with E-state index in [0.29, 0.717) is 5.78 Å². The monoisotopic (exact) mass is 465 g/mol. The molecule has 4 aromatic carbocycles. The number of aryl methyl sites for hydroxylation is 1. The van der Waals surface area contributed by atoms with Gasteiger partial charge in [-0.1, -0.05) is 48.5 Å². The highest BCUT2D eigenvalue weighted by atomic mass is 16.3. The van der Waals surface area contributed by atoms with Crippen LogP contribution in [0.1, 0.15) is 5.69 Å². The van der Waals surface area contributed by atoms with Crippen LogP contribution in [0.3, 0.4) is 0 Å². The van der Waals surface area contributed by atoms with Gasteiger partial charge in [0.15, 0.2) is 0 Å². The molecule has 5 nitrogen and oxygen atoms in total. The van der Waals surface area contributed by atoms with Crippen molar-refractivity contribution in [3.8, 4) is 22.4 Å². The third kappa shape index (κ3) is 2.71. The van der Waals surface area contributed by atoms with Crippen LogP contribution in [-0.2, 0) is 0 Å². The molecule has 0 atom stereocenters. The maximum Gasteiger partial charge on any atom is 0.234 e. The topological polar surface area (TPSA) is 56.5 Å². The van der Waals surface area contributed by atoms with E-state index in [1.807, 2.05) is 34.9 Å². The molecule has 0 N–H and O–H groups in total. The van der Waals surface area contributed by atoms with Crippen LogP contribution >= 0.6 is 0 Å². The molecule has 0 aliphatic carbocycles. The quantitative estimate of drug-likeness (QED) is 0.258. The first kappa shape index (κ1) is 19.4. The van der Waals surface area contributed by atoms with Gasteiger partial charge in [-0.2, -0.15) is 0 Å². The van der Waals surface area contributed by atoms with E-state index < -0.39 is 0 Å². The van der Waals surface area contributed by atoms with Gasteiger partial charge in [0.1, 0.15) is 22.3 Å². The fourth-order valence-corrected chi connectivity index (χ4v) is 5.27. The van der Waals surface area contributed by atoms with E-state index in [1.54, 1.807) is 6.20 Å². The molecule has 170 valence electrons. The van der Waals surface area contributed by atoms with Gasteiger partial charge in [0, 0.05) is 45.2 Å². The highest BCUT2D eigenvalue weighted by Gasteiger charge is 2.15. The Morgan fingerprint density at radius 3 is 2.08 bits per heavy atom. The summed E-state index contributed by atoms with van der Waals surface area (Å²) >= 11 is 0. The first-order valence-corrected chi connectivity index (χ1v) is 11.9. The van der Waals surface area contributed by atoms with Crippen LogP contribution in [0.5, 0.6) is 0 Å². The Balaban J connectivity index is 1.24. The Morgan fingerprint density at radius 1 is 0.611 bits per heavy atom. The van der Waals surface area contributed by atoms with Crippen molar-refractivity contribution in [2.75, 3.05) is 0 Å². The highest BCUT2D eigenvalue weighted by molar-refractivity contribution is 6.15. The van der Waals surface area contributed by atoms with Gasteiger partial charge in [0.2, 0.25) is 5.78 Å². The Labute approximate surface area is 205 Å². The molecule has 4 aromatic heterocycles. The van der Waals surface area contributed by atoms with E-state index in [9.17, 15) is 0 Å². The number of para-hydroxylation sites is 1. The molecule has 0 amide bonds. The third-order valence-electron chi connectivity index (χ3n) is 7.10. The lowest BCUT2D eigenvalue weighted by Crippen LogP contribution is -1.88. The van der Waals surface area contributed by atoms with Crippen LogP contribution < -0.4 is 0 Å². The SMILES string of the molecule is Cc1c(-c2ccc(-c3ccc4oc5cc6c(cc5c4c3)oc3ccccc36)cc2)nc2ncccn12. The fourth-order valence-electron chi connectivity index (χ4n) is 5.27. The number of rotatable bonds is 2. The molecule has 5 heteroatoms. The molecular weight excluding hydrogens is 446 g/mol. The molecule has 8 rings (SSSR count). The van der Waals surface area contributed by atoms with E-state index in [4.69, 9.17) is 13.8 Å². The predicted molar refractivity (Wildman–Crippen MR) is 143 cm³/mol. The van der Waals surface area contributed by atoms with Crippen molar-refractivity contribution in [3.05, 3.63) is 103 Å². The molecular formula is C31H19N3O2. The van der Waals surface area contributed by atoms with E-state index in [0.717, 1.165) is 72.0 Å². The molecule has 4 heterocycles. The van der Waals surface area contributed by atoms with Gasteiger partial charge in [-0.15, -0.1) is 0 Å². The van der Waals surface area contributed by atoms with Gasteiger partial charge in [0.05, 0.1) is 5.69 Å². The molecule has 0 unspecified atom stereocenters. The van der Waals surface area contributed by atoms with Crippen molar-refractivity contribution in [3.63, 3.8) is 0 Å². The zero-order valence-electron chi connectivity index (χ0n) is 19.4. The van der Waals surface area contributed by atoms with E-state index in [1.165, 1.54) is 0 Å². The van der Waals surface area contributed by atoms with Crippen LogP contribution in [0.25, 0.3) is 72.0 Å². The van der Waals surface area contributed by atoms with Crippen molar-refractivity contribution in [1.82, 2.24) is 14.4 Å². The molecule has 0 aliphatic heterocycles. The van der Waals surface area contributed by atoms with Crippen LogP contribution in [-0.4, -0.2) is 14.4 Å². The summed E-state index contributed by atoms with van der Waals surface area (Å²) < 4.78 is 14.4. The van der Waals surface area contributed by atoms with E-state index in [-0.39, 0.29) is 0 Å². The standard InChI is InChI=1S/C31H19N3O2/c1-18-30(33-31-32-13-4-14-34(18)31)20-9-7-19(8-10-20)21-11-12-27-23(15-21)25-17-28-24(16-29(25)36-27)22-5-2-3-6-26(22)35-28/h2-17H,1H3. The number of hydrogen-bond donors (Lipinski definition) is 0. The van der Waals surface area contributed by atoms with Crippen LogP contribution in [0.4, 0.5) is 0 Å². The van der Waals surface area contributed by atoms with Gasteiger partial charge in [-0.25, -0.2) is 9.97 Å². The lowest BCUT2D eigenvalue weighted by molar-refractivity contribution is 0.664. The number of aromatic nitrogens is 3. The van der Waals surface area contributed by atoms with E-state index >= 15 is 0 Å². The van der Waals surface area contributed by atoms with Gasteiger partial charge in [-0.3, -0.25) is 4.40 Å². The molecule has 8 aromatic rings. The second-order valence-corrected chi connectivity index (χ2v) is 9.17. The second kappa shape index (κ2) is 7.06. The number of fused-ring (bicyclic) bond motifs is 7. The van der Waals surface area contributed by atoms with Crippen LogP contribution in [0.2, 0.25) is 0 Å². The zero-order valence-corrected chi connectivity index (χ0v) is 19.4. The van der Waals surface area contributed by atoms with Crippen LogP contribution in [0.15, 0.2) is 106 Å². The van der Waals surface area contributed by atoms with Crippen molar-refractivity contribution in [2.24, 2.45) is 0 Å². The molecule has 36 heavy (non-hydrogen) atoms. The molecule has 0 aliphatic rings. The molecule has 0 spiro atoms. The van der Waals surface area contributed by atoms with Crippen LogP contribution in [0, 0.1) is 6.92 Å². The number of imidazole rings is 1. The maximum atomic E-state index is 6.23. The predicted octanol–water partition coefficient (Wildman–Crippen LogP) is 8.17. The summed E-state index contributed by atoms with van der Waals surface area (Å²) in [5, 5.41) is 4.32. The molecule has 0 fully saturated rings. The lowest BCUT2D eigenvalue weighted by Gasteiger charge is -2.04. The van der Waals surface area contributed by atoms with Gasteiger partial charge in [-0.05, 0) is 54.4 Å². The number of hydrogen-bond acceptors (Lipinski definition) is 4. The summed E-state index contributed by atoms with van der Waals surface area (Å²) in [4.78, 5) is 9.09. The first-order valence-electron chi connectivity index (χ1n) is 11.9. The van der Waals surface area contributed by atoms with Gasteiger partial charge >= 0.3 is 0 Å². The summed E-state index contributed by atoms with van der Waals surface area (Å²) in [6.07, 6.45) is 3.76. The van der Waals surface area contributed by atoms with Crippen molar-refractivity contribution in [2.45, 2.75) is 6.92 Å². The Bertz CT molecular complexity index is 2110. The highest BCUT2D eigenvalue weighted by Crippen LogP contribution is 2.38. The number of benzene rings is 4. The van der Waals surface area contributed by atoms with Crippen molar-refractivity contribution in [1.29, 1.82) is 0 Å². The largest absolute Gasteiger partial charge is 0.456 e. The average Bonchev–Trinajstić information content (AvgIpc) is 3.58.